The van der Waals surface area contributed by atoms with E-state index in [2.05, 4.69) is 10.6 Å². The average Bonchev–Trinajstić information content (AvgIpc) is 3.41. The van der Waals surface area contributed by atoms with Gasteiger partial charge in [0, 0.05) is 18.2 Å². The Labute approximate surface area is 163 Å². The molecule has 8 nitrogen and oxygen atoms in total. The normalized spacial score (nSPS) is 13.2. The molecule has 2 N–H and O–H groups in total. The van der Waals surface area contributed by atoms with Crippen LogP contribution in [0.4, 0.5) is 4.79 Å². The molecule has 1 saturated carbocycles. The van der Waals surface area contributed by atoms with E-state index in [0.29, 0.717) is 18.3 Å². The second kappa shape index (κ2) is 9.27. The molecule has 0 bridgehead atoms. The molecule has 150 valence electrons. The minimum absolute atomic E-state index is 0.124. The number of rotatable bonds is 9. The van der Waals surface area contributed by atoms with Crippen LogP contribution in [-0.2, 0) is 17.9 Å². The number of hydrogen-bond donors (Lipinski definition) is 2. The molecule has 1 fully saturated rings. The number of urea groups is 1. The van der Waals surface area contributed by atoms with Crippen molar-refractivity contribution in [2.24, 2.45) is 0 Å². The van der Waals surface area contributed by atoms with E-state index in [0.717, 1.165) is 29.9 Å². The van der Waals surface area contributed by atoms with Gasteiger partial charge in [-0.2, -0.15) is 0 Å². The summed E-state index contributed by atoms with van der Waals surface area (Å²) in [5.74, 6) is 1.73. The van der Waals surface area contributed by atoms with E-state index in [1.165, 1.54) is 6.26 Å². The van der Waals surface area contributed by atoms with Crippen molar-refractivity contribution in [3.05, 3.63) is 47.9 Å². The summed E-state index contributed by atoms with van der Waals surface area (Å²) in [5, 5.41) is 4.96. The summed E-state index contributed by atoms with van der Waals surface area (Å²) in [7, 11) is 3.22. The van der Waals surface area contributed by atoms with E-state index in [-0.39, 0.29) is 19.0 Å². The molecule has 28 heavy (non-hydrogen) atoms. The highest BCUT2D eigenvalue weighted by molar-refractivity contribution is 5.95. The molecule has 1 heterocycles. The Morgan fingerprint density at radius 3 is 2.68 bits per heavy atom. The molecule has 1 aliphatic carbocycles. The number of furan rings is 1. The Hall–Kier alpha value is -3.00. The fraction of sp³-hybridized carbons (Fsp3) is 0.400. The summed E-state index contributed by atoms with van der Waals surface area (Å²) in [5.41, 5.74) is 0.934. The molecular formula is C20H25N3O5. The molecule has 1 aromatic carbocycles. The number of carbonyl (C=O) groups excluding carboxylic acids is 2. The third-order valence-electron chi connectivity index (χ3n) is 4.53. The monoisotopic (exact) mass is 387 g/mol. The lowest BCUT2D eigenvalue weighted by Gasteiger charge is -2.22. The number of nitrogens with one attached hydrogen (secondary N) is 2. The highest BCUT2D eigenvalue weighted by Crippen LogP contribution is 2.31. The third-order valence-corrected chi connectivity index (χ3v) is 4.53. The summed E-state index contributed by atoms with van der Waals surface area (Å²) in [6, 6.07) is 8.85. The number of carbonyl (C=O) groups is 2. The predicted octanol–water partition coefficient (Wildman–Crippen LogP) is 2.29. The van der Waals surface area contributed by atoms with Crippen LogP contribution >= 0.6 is 0 Å². The zero-order valence-corrected chi connectivity index (χ0v) is 16.1. The van der Waals surface area contributed by atoms with E-state index < -0.39 is 6.03 Å². The number of ether oxygens (including phenoxy) is 2. The lowest BCUT2D eigenvalue weighted by atomic mass is 10.1. The molecule has 3 rings (SSSR count). The summed E-state index contributed by atoms with van der Waals surface area (Å²) >= 11 is 0. The minimum Gasteiger partial charge on any atom is -0.497 e. The van der Waals surface area contributed by atoms with Gasteiger partial charge in [-0.1, -0.05) is 0 Å². The molecule has 0 atom stereocenters. The number of hydrogen-bond acceptors (Lipinski definition) is 6. The smallest absolute Gasteiger partial charge is 0.321 e. The molecule has 3 amide bonds. The van der Waals surface area contributed by atoms with Crippen molar-refractivity contribution in [1.29, 1.82) is 0 Å². The van der Waals surface area contributed by atoms with Crippen LogP contribution in [0.3, 0.4) is 0 Å². The molecule has 0 saturated heterocycles. The Morgan fingerprint density at radius 1 is 1.21 bits per heavy atom. The van der Waals surface area contributed by atoms with E-state index >= 15 is 0 Å². The third kappa shape index (κ3) is 5.50. The molecule has 8 heteroatoms. The maximum Gasteiger partial charge on any atom is 0.321 e. The first kappa shape index (κ1) is 19.8. The number of amides is 3. The fourth-order valence-corrected chi connectivity index (χ4v) is 2.95. The van der Waals surface area contributed by atoms with Crippen molar-refractivity contribution in [3.63, 3.8) is 0 Å². The highest BCUT2D eigenvalue weighted by atomic mass is 16.5. The first-order chi connectivity index (χ1) is 13.6. The van der Waals surface area contributed by atoms with Crippen LogP contribution in [-0.4, -0.2) is 43.6 Å². The van der Waals surface area contributed by atoms with Gasteiger partial charge in [-0.05, 0) is 43.2 Å². The van der Waals surface area contributed by atoms with Gasteiger partial charge in [-0.15, -0.1) is 0 Å². The first-order valence-corrected chi connectivity index (χ1v) is 9.14. The van der Waals surface area contributed by atoms with Gasteiger partial charge in [0.15, 0.2) is 0 Å². The molecule has 1 aromatic heterocycles. The summed E-state index contributed by atoms with van der Waals surface area (Å²) in [6.07, 6.45) is 3.59. The van der Waals surface area contributed by atoms with Gasteiger partial charge in [-0.3, -0.25) is 15.0 Å². The molecule has 1 aliphatic rings. The van der Waals surface area contributed by atoms with Crippen LogP contribution in [0, 0.1) is 0 Å². The van der Waals surface area contributed by atoms with Crippen LogP contribution in [0.25, 0.3) is 0 Å². The maximum atomic E-state index is 12.3. The quantitative estimate of drug-likeness (QED) is 0.686. The predicted molar refractivity (Wildman–Crippen MR) is 102 cm³/mol. The lowest BCUT2D eigenvalue weighted by molar-refractivity contribution is -0.121. The largest absolute Gasteiger partial charge is 0.497 e. The Balaban J connectivity index is 1.56. The van der Waals surface area contributed by atoms with E-state index in [1.807, 2.05) is 23.1 Å². The number of benzene rings is 1. The summed E-state index contributed by atoms with van der Waals surface area (Å²) in [6.45, 7) is 0.880. The molecular weight excluding hydrogens is 362 g/mol. The SMILES string of the molecule is COc1ccc(OC)c(CN(CC(=O)NC(=O)NCc2ccco2)C2CC2)c1. The van der Waals surface area contributed by atoms with Gasteiger partial charge in [0.2, 0.25) is 5.91 Å². The molecule has 0 spiro atoms. The highest BCUT2D eigenvalue weighted by Gasteiger charge is 2.31. The van der Waals surface area contributed by atoms with E-state index in [9.17, 15) is 9.59 Å². The van der Waals surface area contributed by atoms with E-state index in [4.69, 9.17) is 13.9 Å². The van der Waals surface area contributed by atoms with Gasteiger partial charge in [-0.25, -0.2) is 4.79 Å². The van der Waals surface area contributed by atoms with Crippen LogP contribution in [0.15, 0.2) is 41.0 Å². The molecule has 0 aliphatic heterocycles. The van der Waals surface area contributed by atoms with Gasteiger partial charge >= 0.3 is 6.03 Å². The van der Waals surface area contributed by atoms with Crippen molar-refractivity contribution < 1.29 is 23.5 Å². The van der Waals surface area contributed by atoms with Gasteiger partial charge in [0.25, 0.3) is 0 Å². The van der Waals surface area contributed by atoms with Gasteiger partial charge in [0.05, 0.1) is 33.6 Å². The number of imide groups is 1. The second-order valence-electron chi connectivity index (χ2n) is 6.62. The van der Waals surface area contributed by atoms with Crippen molar-refractivity contribution in [2.75, 3.05) is 20.8 Å². The van der Waals surface area contributed by atoms with Crippen molar-refractivity contribution in [3.8, 4) is 11.5 Å². The minimum atomic E-state index is -0.545. The zero-order chi connectivity index (χ0) is 19.9. The van der Waals surface area contributed by atoms with Crippen molar-refractivity contribution >= 4 is 11.9 Å². The Bertz CT molecular complexity index is 802. The Kier molecular flexibility index (Phi) is 6.54. The topological polar surface area (TPSA) is 93.0 Å². The van der Waals surface area contributed by atoms with E-state index in [1.54, 1.807) is 26.4 Å². The van der Waals surface area contributed by atoms with Crippen LogP contribution in [0.1, 0.15) is 24.2 Å². The van der Waals surface area contributed by atoms with Gasteiger partial charge < -0.3 is 19.2 Å². The lowest BCUT2D eigenvalue weighted by Crippen LogP contribution is -2.44. The fourth-order valence-electron chi connectivity index (χ4n) is 2.95. The van der Waals surface area contributed by atoms with Crippen molar-refractivity contribution in [2.45, 2.75) is 32.0 Å². The average molecular weight is 387 g/mol. The molecule has 0 unspecified atom stereocenters. The second-order valence-corrected chi connectivity index (χ2v) is 6.62. The summed E-state index contributed by atoms with van der Waals surface area (Å²) < 4.78 is 15.9. The molecule has 2 aromatic rings. The maximum absolute atomic E-state index is 12.3. The van der Waals surface area contributed by atoms with Crippen LogP contribution in [0.5, 0.6) is 11.5 Å². The molecule has 0 radical (unpaired) electrons. The Morgan fingerprint density at radius 2 is 2.04 bits per heavy atom. The first-order valence-electron chi connectivity index (χ1n) is 9.14. The standard InChI is InChI=1S/C20H25N3O5/c1-26-16-7-8-18(27-2)14(10-16)12-23(15-5-6-15)13-19(24)22-20(25)21-11-17-4-3-9-28-17/h3-4,7-10,15H,5-6,11-13H2,1-2H3,(H2,21,22,24,25). The van der Waals surface area contributed by atoms with Crippen molar-refractivity contribution in [1.82, 2.24) is 15.5 Å². The number of nitrogens with zero attached hydrogens (tertiary/aromatic N) is 1. The van der Waals surface area contributed by atoms with Gasteiger partial charge in [0.1, 0.15) is 17.3 Å². The van der Waals surface area contributed by atoms with Crippen LogP contribution in [0.2, 0.25) is 0 Å². The van der Waals surface area contributed by atoms with Crippen LogP contribution < -0.4 is 20.1 Å². The summed E-state index contributed by atoms with van der Waals surface area (Å²) in [4.78, 5) is 26.3. The number of methoxy groups -OCH3 is 2. The zero-order valence-electron chi connectivity index (χ0n) is 16.1.